The van der Waals surface area contributed by atoms with E-state index in [-0.39, 0.29) is 11.8 Å². The van der Waals surface area contributed by atoms with Gasteiger partial charge in [-0.1, -0.05) is 18.2 Å². The predicted octanol–water partition coefficient (Wildman–Crippen LogP) is 3.18. The van der Waals surface area contributed by atoms with E-state index in [1.165, 1.54) is 12.5 Å². The molecule has 2 aromatic rings. The number of rotatable bonds is 8. The number of carbonyl (C=O) groups is 1. The van der Waals surface area contributed by atoms with Gasteiger partial charge in [0.25, 0.3) is 0 Å². The average Bonchev–Trinajstić information content (AvgIpc) is 2.90. The molecule has 0 bridgehead atoms. The van der Waals surface area contributed by atoms with Crippen LogP contribution in [0.4, 0.5) is 5.82 Å². The fraction of sp³-hybridized carbons (Fsp3) is 0.409. The summed E-state index contributed by atoms with van der Waals surface area (Å²) in [5, 5.41) is 6.08. The molecule has 2 heterocycles. The van der Waals surface area contributed by atoms with Crippen LogP contribution in [0, 0.1) is 0 Å². The molecule has 6 nitrogen and oxygen atoms in total. The summed E-state index contributed by atoms with van der Waals surface area (Å²) in [5.74, 6) is 1.71. The van der Waals surface area contributed by atoms with Crippen molar-refractivity contribution in [3.05, 3.63) is 53.2 Å². The Morgan fingerprint density at radius 3 is 3.00 bits per heavy atom. The zero-order valence-electron chi connectivity index (χ0n) is 16.6. The summed E-state index contributed by atoms with van der Waals surface area (Å²) >= 11 is 0. The predicted molar refractivity (Wildman–Crippen MR) is 113 cm³/mol. The Balaban J connectivity index is 1.76. The van der Waals surface area contributed by atoms with Crippen LogP contribution in [0.15, 0.2) is 41.4 Å². The number of anilines is 1. The van der Waals surface area contributed by atoms with Gasteiger partial charge in [-0.05, 0) is 49.1 Å². The van der Waals surface area contributed by atoms with Crippen molar-refractivity contribution in [1.29, 1.82) is 0 Å². The molecule has 2 N–H and O–H groups in total. The van der Waals surface area contributed by atoms with Crippen LogP contribution >= 0.6 is 0 Å². The number of carbonyl (C=O) groups excluding carboxylic acids is 1. The third-order valence-corrected chi connectivity index (χ3v) is 4.61. The molecule has 1 amide bonds. The molecule has 1 unspecified atom stereocenters. The van der Waals surface area contributed by atoms with Crippen molar-refractivity contribution in [2.45, 2.75) is 32.6 Å². The van der Waals surface area contributed by atoms with Crippen molar-refractivity contribution in [3.63, 3.8) is 0 Å². The van der Waals surface area contributed by atoms with E-state index in [9.17, 15) is 4.79 Å². The van der Waals surface area contributed by atoms with Gasteiger partial charge in [0.15, 0.2) is 0 Å². The number of nitrogens with zero attached hydrogens (tertiary/aromatic N) is 2. The highest BCUT2D eigenvalue weighted by molar-refractivity contribution is 5.74. The lowest BCUT2D eigenvalue weighted by molar-refractivity contribution is -0.118. The Labute approximate surface area is 166 Å². The highest BCUT2D eigenvalue weighted by Gasteiger charge is 2.20. The largest absolute Gasteiger partial charge is 0.494 e. The number of ether oxygens (including phenoxy) is 1. The van der Waals surface area contributed by atoms with E-state index in [1.807, 2.05) is 24.4 Å². The minimum absolute atomic E-state index is 0.0130. The summed E-state index contributed by atoms with van der Waals surface area (Å²) in [6.07, 6.45) is 3.68. The molecule has 1 aliphatic heterocycles. The molecule has 1 atom stereocenters. The summed E-state index contributed by atoms with van der Waals surface area (Å²) in [6.45, 7) is 6.39. The first-order valence-corrected chi connectivity index (χ1v) is 9.88. The molecule has 148 valence electrons. The van der Waals surface area contributed by atoms with E-state index in [0.29, 0.717) is 13.2 Å². The molecule has 1 aliphatic rings. The average molecular weight is 380 g/mol. The maximum Gasteiger partial charge on any atom is 0.216 e. The summed E-state index contributed by atoms with van der Waals surface area (Å²) in [4.78, 5) is 20.4. The van der Waals surface area contributed by atoms with Crippen LogP contribution in [0.1, 0.15) is 43.0 Å². The molecule has 0 radical (unpaired) electrons. The Kier molecular flexibility index (Phi) is 7.00. The highest BCUT2D eigenvalue weighted by Crippen LogP contribution is 2.30. The molecule has 0 saturated carbocycles. The third kappa shape index (κ3) is 5.31. The third-order valence-electron chi connectivity index (χ3n) is 4.61. The topological polar surface area (TPSA) is 75.6 Å². The Morgan fingerprint density at radius 1 is 1.29 bits per heavy atom. The van der Waals surface area contributed by atoms with Crippen LogP contribution < -0.4 is 15.4 Å². The van der Waals surface area contributed by atoms with Crippen molar-refractivity contribution >= 4 is 17.9 Å². The lowest BCUT2D eigenvalue weighted by Crippen LogP contribution is -2.22. The van der Waals surface area contributed by atoms with Crippen molar-refractivity contribution < 1.29 is 9.53 Å². The lowest BCUT2D eigenvalue weighted by Gasteiger charge is -2.17. The van der Waals surface area contributed by atoms with Gasteiger partial charge in [0.05, 0.1) is 18.2 Å². The molecule has 1 aromatic carbocycles. The fourth-order valence-electron chi connectivity index (χ4n) is 3.27. The van der Waals surface area contributed by atoms with Crippen LogP contribution in [-0.4, -0.2) is 43.3 Å². The number of amides is 1. The normalized spacial score (nSPS) is 15.4. The van der Waals surface area contributed by atoms with Gasteiger partial charge >= 0.3 is 0 Å². The molecular weight excluding hydrogens is 352 g/mol. The smallest absolute Gasteiger partial charge is 0.216 e. The van der Waals surface area contributed by atoms with E-state index in [0.717, 1.165) is 48.8 Å². The summed E-state index contributed by atoms with van der Waals surface area (Å²) < 4.78 is 5.87. The minimum Gasteiger partial charge on any atom is -0.494 e. The number of benzene rings is 1. The number of nitrogens with one attached hydrogen (secondary N) is 2. The van der Waals surface area contributed by atoms with Gasteiger partial charge in [-0.15, -0.1) is 0 Å². The summed E-state index contributed by atoms with van der Waals surface area (Å²) in [7, 11) is 0. The number of fused-ring (bicyclic) bond motifs is 1. The minimum atomic E-state index is -0.0160. The first-order valence-electron chi connectivity index (χ1n) is 9.88. The maximum absolute atomic E-state index is 10.9. The quantitative estimate of drug-likeness (QED) is 0.690. The fourth-order valence-corrected chi connectivity index (χ4v) is 3.27. The number of hydrogen-bond acceptors (Lipinski definition) is 5. The molecule has 28 heavy (non-hydrogen) atoms. The summed E-state index contributed by atoms with van der Waals surface area (Å²) in [6, 6.07) is 12.3. The molecular formula is C22H28N4O2. The molecule has 0 saturated heterocycles. The number of aliphatic imine (C=N–C) groups is 1. The zero-order chi connectivity index (χ0) is 19.8. The van der Waals surface area contributed by atoms with Gasteiger partial charge in [-0.25, -0.2) is 4.98 Å². The van der Waals surface area contributed by atoms with Gasteiger partial charge in [0.1, 0.15) is 11.6 Å². The van der Waals surface area contributed by atoms with Crippen molar-refractivity contribution in [1.82, 2.24) is 10.3 Å². The van der Waals surface area contributed by atoms with E-state index in [4.69, 9.17) is 9.72 Å². The van der Waals surface area contributed by atoms with Gasteiger partial charge < -0.3 is 15.4 Å². The second-order valence-electron chi connectivity index (χ2n) is 6.81. The van der Waals surface area contributed by atoms with Gasteiger partial charge in [-0.3, -0.25) is 9.79 Å². The van der Waals surface area contributed by atoms with E-state index >= 15 is 0 Å². The molecule has 0 spiro atoms. The van der Waals surface area contributed by atoms with Crippen LogP contribution in [0.3, 0.4) is 0 Å². The molecule has 3 rings (SSSR count). The van der Waals surface area contributed by atoms with E-state index in [1.54, 1.807) is 0 Å². The number of pyridine rings is 1. The van der Waals surface area contributed by atoms with Gasteiger partial charge in [0.2, 0.25) is 5.91 Å². The van der Waals surface area contributed by atoms with Crippen LogP contribution in [0.5, 0.6) is 5.75 Å². The SMILES string of the molecule is CCNc1ccc2c(n1)C(c1cccc(OCCCNC(C)=O)c1)C=NCC2. The van der Waals surface area contributed by atoms with Crippen molar-refractivity contribution in [3.8, 4) is 5.75 Å². The van der Waals surface area contributed by atoms with E-state index in [2.05, 4.69) is 40.7 Å². The summed E-state index contributed by atoms with van der Waals surface area (Å²) in [5.41, 5.74) is 3.42. The molecule has 6 heteroatoms. The number of hydrogen-bond donors (Lipinski definition) is 2. The first-order chi connectivity index (χ1) is 13.7. The van der Waals surface area contributed by atoms with E-state index < -0.39 is 0 Å². The van der Waals surface area contributed by atoms with Crippen LogP contribution in [0.2, 0.25) is 0 Å². The van der Waals surface area contributed by atoms with Gasteiger partial charge in [0, 0.05) is 32.8 Å². The van der Waals surface area contributed by atoms with Crippen molar-refractivity contribution in [2.75, 3.05) is 31.6 Å². The van der Waals surface area contributed by atoms with Crippen molar-refractivity contribution in [2.24, 2.45) is 4.99 Å². The zero-order valence-corrected chi connectivity index (χ0v) is 16.6. The first kappa shape index (κ1) is 19.9. The number of aromatic nitrogens is 1. The van der Waals surface area contributed by atoms with Crippen LogP contribution in [-0.2, 0) is 11.2 Å². The second kappa shape index (κ2) is 9.88. The van der Waals surface area contributed by atoms with Crippen LogP contribution in [0.25, 0.3) is 0 Å². The standard InChI is InChI=1S/C22H28N4O2/c1-3-24-21-9-8-17-10-12-23-15-20(22(17)26-21)18-6-4-7-19(14-18)28-13-5-11-25-16(2)27/h4,6-9,14-15,20H,3,5,10-13H2,1-2H3,(H,24,26)(H,25,27). The maximum atomic E-state index is 10.9. The molecule has 1 aromatic heterocycles. The lowest BCUT2D eigenvalue weighted by atomic mass is 9.93. The Bertz CT molecular complexity index is 835. The highest BCUT2D eigenvalue weighted by atomic mass is 16.5. The molecule has 0 aliphatic carbocycles. The van der Waals surface area contributed by atoms with Gasteiger partial charge in [-0.2, -0.15) is 0 Å². The monoisotopic (exact) mass is 380 g/mol. The Hall–Kier alpha value is -2.89. The molecule has 0 fully saturated rings. The second-order valence-corrected chi connectivity index (χ2v) is 6.81. The Morgan fingerprint density at radius 2 is 2.18 bits per heavy atom.